The minimum Gasteiger partial charge on any atom is -0.478 e. The SMILES string of the molecule is O=C(O)C1=CCC(NCc2ccc3snnc3c2)CC1. The number of aliphatic carboxylic acids is 1. The number of aromatic nitrogens is 2. The minimum atomic E-state index is -0.787. The van der Waals surface area contributed by atoms with Gasteiger partial charge < -0.3 is 10.4 Å². The second kappa shape index (κ2) is 5.68. The molecular formula is C14H15N3O2S. The second-order valence-electron chi connectivity index (χ2n) is 4.96. The molecule has 1 aromatic heterocycles. The van der Waals surface area contributed by atoms with Crippen LogP contribution in [-0.2, 0) is 11.3 Å². The molecule has 0 saturated carbocycles. The summed E-state index contributed by atoms with van der Waals surface area (Å²) in [5, 5.41) is 16.5. The maximum atomic E-state index is 10.8. The van der Waals surface area contributed by atoms with Crippen molar-refractivity contribution in [3.05, 3.63) is 35.4 Å². The van der Waals surface area contributed by atoms with Crippen molar-refractivity contribution in [2.24, 2.45) is 0 Å². The molecule has 0 amide bonds. The zero-order valence-corrected chi connectivity index (χ0v) is 11.7. The van der Waals surface area contributed by atoms with Gasteiger partial charge in [0.25, 0.3) is 0 Å². The number of hydrogen-bond donors (Lipinski definition) is 2. The summed E-state index contributed by atoms with van der Waals surface area (Å²) in [6.07, 6.45) is 4.12. The lowest BCUT2D eigenvalue weighted by Crippen LogP contribution is -2.30. The van der Waals surface area contributed by atoms with Crippen molar-refractivity contribution >= 4 is 27.7 Å². The van der Waals surface area contributed by atoms with E-state index in [1.54, 1.807) is 0 Å². The van der Waals surface area contributed by atoms with E-state index in [0.29, 0.717) is 18.0 Å². The van der Waals surface area contributed by atoms with E-state index < -0.39 is 5.97 Å². The molecule has 1 atom stereocenters. The fourth-order valence-corrected chi connectivity index (χ4v) is 2.95. The summed E-state index contributed by atoms with van der Waals surface area (Å²) < 4.78 is 5.02. The molecule has 20 heavy (non-hydrogen) atoms. The molecule has 0 aliphatic heterocycles. The fraction of sp³-hybridized carbons (Fsp3) is 0.357. The average Bonchev–Trinajstić information content (AvgIpc) is 2.93. The van der Waals surface area contributed by atoms with Crippen molar-refractivity contribution in [3.8, 4) is 0 Å². The lowest BCUT2D eigenvalue weighted by molar-refractivity contribution is -0.132. The van der Waals surface area contributed by atoms with E-state index in [0.717, 1.165) is 29.6 Å². The Morgan fingerprint density at radius 3 is 3.15 bits per heavy atom. The Labute approximate surface area is 120 Å². The van der Waals surface area contributed by atoms with Gasteiger partial charge >= 0.3 is 5.97 Å². The molecule has 0 bridgehead atoms. The summed E-state index contributed by atoms with van der Waals surface area (Å²) in [7, 11) is 0. The highest BCUT2D eigenvalue weighted by atomic mass is 32.1. The van der Waals surface area contributed by atoms with Gasteiger partial charge in [0, 0.05) is 18.2 Å². The largest absolute Gasteiger partial charge is 0.478 e. The van der Waals surface area contributed by atoms with Gasteiger partial charge in [-0.05, 0) is 48.5 Å². The van der Waals surface area contributed by atoms with Gasteiger partial charge in [-0.3, -0.25) is 0 Å². The van der Waals surface area contributed by atoms with Crippen LogP contribution in [0.15, 0.2) is 29.8 Å². The Balaban J connectivity index is 1.58. The van der Waals surface area contributed by atoms with Crippen molar-refractivity contribution in [2.75, 3.05) is 0 Å². The highest BCUT2D eigenvalue weighted by Gasteiger charge is 2.17. The van der Waals surface area contributed by atoms with Gasteiger partial charge in [-0.2, -0.15) is 0 Å². The van der Waals surface area contributed by atoms with E-state index in [4.69, 9.17) is 5.11 Å². The van der Waals surface area contributed by atoms with Crippen LogP contribution >= 0.6 is 11.5 Å². The number of nitrogens with one attached hydrogen (secondary N) is 1. The Morgan fingerprint density at radius 1 is 1.50 bits per heavy atom. The molecular weight excluding hydrogens is 274 g/mol. The first-order valence-corrected chi connectivity index (χ1v) is 7.36. The quantitative estimate of drug-likeness (QED) is 0.903. The van der Waals surface area contributed by atoms with Crippen LogP contribution in [0.1, 0.15) is 24.8 Å². The molecule has 5 nitrogen and oxygen atoms in total. The first-order chi connectivity index (χ1) is 9.72. The van der Waals surface area contributed by atoms with Crippen LogP contribution in [0.3, 0.4) is 0 Å². The third kappa shape index (κ3) is 2.86. The van der Waals surface area contributed by atoms with Gasteiger partial charge in [-0.15, -0.1) is 5.10 Å². The van der Waals surface area contributed by atoms with E-state index in [2.05, 4.69) is 21.0 Å². The number of hydrogen-bond acceptors (Lipinski definition) is 5. The number of carboxylic acid groups (broad SMARTS) is 1. The number of benzene rings is 1. The lowest BCUT2D eigenvalue weighted by atomic mass is 9.95. The Hall–Kier alpha value is -1.79. The summed E-state index contributed by atoms with van der Waals surface area (Å²) in [5.74, 6) is -0.787. The second-order valence-corrected chi connectivity index (χ2v) is 5.75. The summed E-state index contributed by atoms with van der Waals surface area (Å²) in [5.41, 5.74) is 2.65. The molecule has 0 radical (unpaired) electrons. The van der Waals surface area contributed by atoms with Gasteiger partial charge in [-0.1, -0.05) is 16.6 Å². The van der Waals surface area contributed by atoms with Crippen LogP contribution in [0.4, 0.5) is 0 Å². The summed E-state index contributed by atoms with van der Waals surface area (Å²) in [6, 6.07) is 6.52. The van der Waals surface area contributed by atoms with E-state index >= 15 is 0 Å². The van der Waals surface area contributed by atoms with Crippen LogP contribution < -0.4 is 5.32 Å². The zero-order valence-electron chi connectivity index (χ0n) is 10.9. The third-order valence-electron chi connectivity index (χ3n) is 3.59. The molecule has 3 rings (SSSR count). The Bertz CT molecular complexity index is 665. The van der Waals surface area contributed by atoms with Crippen molar-refractivity contribution in [1.29, 1.82) is 0 Å². The number of rotatable bonds is 4. The predicted octanol–water partition coefficient (Wildman–Crippen LogP) is 2.34. The van der Waals surface area contributed by atoms with E-state index in [1.807, 2.05) is 18.2 Å². The van der Waals surface area contributed by atoms with Crippen molar-refractivity contribution in [1.82, 2.24) is 14.9 Å². The van der Waals surface area contributed by atoms with Crippen molar-refractivity contribution in [3.63, 3.8) is 0 Å². The standard InChI is InChI=1S/C14H15N3O2S/c18-14(19)10-2-4-11(5-3-10)15-8-9-1-6-13-12(7-9)16-17-20-13/h1-2,6-7,11,15H,3-5,8H2,(H,18,19). The average molecular weight is 289 g/mol. The maximum absolute atomic E-state index is 10.8. The zero-order chi connectivity index (χ0) is 13.9. The topological polar surface area (TPSA) is 75.1 Å². The van der Waals surface area contributed by atoms with Crippen LogP contribution in [0.5, 0.6) is 0 Å². The normalized spacial score (nSPS) is 19.0. The van der Waals surface area contributed by atoms with E-state index in [-0.39, 0.29) is 0 Å². The molecule has 104 valence electrons. The van der Waals surface area contributed by atoms with Crippen LogP contribution in [-0.4, -0.2) is 26.7 Å². The number of fused-ring (bicyclic) bond motifs is 1. The van der Waals surface area contributed by atoms with Gasteiger partial charge in [0.05, 0.1) is 4.70 Å². The molecule has 1 unspecified atom stereocenters. The summed E-state index contributed by atoms with van der Waals surface area (Å²) in [6.45, 7) is 0.772. The van der Waals surface area contributed by atoms with E-state index in [1.165, 1.54) is 17.1 Å². The molecule has 1 aliphatic rings. The van der Waals surface area contributed by atoms with Crippen LogP contribution in [0.25, 0.3) is 10.2 Å². The first-order valence-electron chi connectivity index (χ1n) is 6.59. The number of nitrogens with zero attached hydrogens (tertiary/aromatic N) is 2. The smallest absolute Gasteiger partial charge is 0.331 e. The fourth-order valence-electron chi connectivity index (χ4n) is 2.41. The summed E-state index contributed by atoms with van der Waals surface area (Å²) in [4.78, 5) is 10.8. The van der Waals surface area contributed by atoms with Gasteiger partial charge in [-0.25, -0.2) is 4.79 Å². The predicted molar refractivity (Wildman–Crippen MR) is 77.6 cm³/mol. The molecule has 1 aromatic carbocycles. The molecule has 6 heteroatoms. The molecule has 2 aromatic rings. The molecule has 0 saturated heterocycles. The number of carbonyl (C=O) groups is 1. The molecule has 0 fully saturated rings. The molecule has 1 aliphatic carbocycles. The highest BCUT2D eigenvalue weighted by Crippen LogP contribution is 2.20. The van der Waals surface area contributed by atoms with Gasteiger partial charge in [0.1, 0.15) is 5.52 Å². The highest BCUT2D eigenvalue weighted by molar-refractivity contribution is 7.12. The van der Waals surface area contributed by atoms with Crippen LogP contribution in [0.2, 0.25) is 0 Å². The van der Waals surface area contributed by atoms with Crippen LogP contribution in [0, 0.1) is 0 Å². The molecule has 1 heterocycles. The molecule has 2 N–H and O–H groups in total. The van der Waals surface area contributed by atoms with E-state index in [9.17, 15) is 4.79 Å². The van der Waals surface area contributed by atoms with Crippen molar-refractivity contribution in [2.45, 2.75) is 31.8 Å². The number of carboxylic acids is 1. The minimum absolute atomic E-state index is 0.349. The lowest BCUT2D eigenvalue weighted by Gasteiger charge is -2.21. The Kier molecular flexibility index (Phi) is 3.75. The van der Waals surface area contributed by atoms with Crippen molar-refractivity contribution < 1.29 is 9.90 Å². The molecule has 0 spiro atoms. The monoisotopic (exact) mass is 289 g/mol. The summed E-state index contributed by atoms with van der Waals surface area (Å²) >= 11 is 1.40. The Morgan fingerprint density at radius 2 is 2.40 bits per heavy atom. The third-order valence-corrected chi connectivity index (χ3v) is 4.30. The maximum Gasteiger partial charge on any atom is 0.331 e. The first kappa shape index (κ1) is 13.2. The van der Waals surface area contributed by atoms with Gasteiger partial charge in [0.2, 0.25) is 0 Å². The van der Waals surface area contributed by atoms with Gasteiger partial charge in [0.15, 0.2) is 0 Å².